The molecule has 2 aliphatic rings. The summed E-state index contributed by atoms with van der Waals surface area (Å²) >= 11 is 0. The van der Waals surface area contributed by atoms with E-state index in [4.69, 9.17) is 0 Å². The van der Waals surface area contributed by atoms with E-state index in [1.54, 1.807) is 4.90 Å². The molecule has 1 atom stereocenters. The van der Waals surface area contributed by atoms with Gasteiger partial charge in [0, 0.05) is 18.3 Å². The molecule has 0 unspecified atom stereocenters. The Labute approximate surface area is 150 Å². The van der Waals surface area contributed by atoms with Crippen LogP contribution in [-0.2, 0) is 4.79 Å². The highest BCUT2D eigenvalue weighted by molar-refractivity contribution is 5.97. The van der Waals surface area contributed by atoms with Gasteiger partial charge in [0.25, 0.3) is 0 Å². The Kier molecular flexibility index (Phi) is 5.61. The highest BCUT2D eigenvalue weighted by Crippen LogP contribution is 2.22. The summed E-state index contributed by atoms with van der Waals surface area (Å²) in [5.41, 5.74) is 3.05. The second-order valence-electron chi connectivity index (χ2n) is 7.50. The molecule has 25 heavy (non-hydrogen) atoms. The molecule has 5 nitrogen and oxygen atoms in total. The van der Waals surface area contributed by atoms with E-state index in [1.165, 1.54) is 19.3 Å². The molecule has 0 aromatic heterocycles. The van der Waals surface area contributed by atoms with Crippen LogP contribution in [0.15, 0.2) is 18.2 Å². The standard InChI is InChI=1S/C20H29N3O2/c1-14-11-15(2)13-17(12-14)21-19(24)18-9-6-10-23(18)20(25)22-16-7-4-3-5-8-16/h11-13,16,18H,3-10H2,1-2H3,(H,21,24)(H,22,25)/t18-/m1/s1. The SMILES string of the molecule is Cc1cc(C)cc(NC(=O)[C@H]2CCCN2C(=O)NC2CCCCC2)c1. The van der Waals surface area contributed by atoms with Gasteiger partial charge in [-0.3, -0.25) is 4.79 Å². The van der Waals surface area contributed by atoms with Crippen LogP contribution < -0.4 is 10.6 Å². The first kappa shape index (κ1) is 17.8. The number of rotatable bonds is 3. The van der Waals surface area contributed by atoms with Crippen LogP contribution in [0.3, 0.4) is 0 Å². The zero-order chi connectivity index (χ0) is 17.8. The highest BCUT2D eigenvalue weighted by atomic mass is 16.2. The summed E-state index contributed by atoms with van der Waals surface area (Å²) in [5, 5.41) is 6.13. The third-order valence-corrected chi connectivity index (χ3v) is 5.24. The third-order valence-electron chi connectivity index (χ3n) is 5.24. The second kappa shape index (κ2) is 7.89. The summed E-state index contributed by atoms with van der Waals surface area (Å²) in [6.45, 7) is 4.69. The fourth-order valence-electron chi connectivity index (χ4n) is 4.06. The number of carbonyl (C=O) groups excluding carboxylic acids is 2. The van der Waals surface area contributed by atoms with Crippen molar-refractivity contribution in [3.63, 3.8) is 0 Å². The molecule has 0 bridgehead atoms. The average molecular weight is 343 g/mol. The lowest BCUT2D eigenvalue weighted by atomic mass is 9.96. The first-order valence-electron chi connectivity index (χ1n) is 9.49. The smallest absolute Gasteiger partial charge is 0.318 e. The van der Waals surface area contributed by atoms with Crippen molar-refractivity contribution in [2.24, 2.45) is 0 Å². The second-order valence-corrected chi connectivity index (χ2v) is 7.50. The Morgan fingerprint density at radius 2 is 1.64 bits per heavy atom. The van der Waals surface area contributed by atoms with E-state index in [0.717, 1.165) is 42.5 Å². The predicted octanol–water partition coefficient (Wildman–Crippen LogP) is 3.75. The van der Waals surface area contributed by atoms with E-state index >= 15 is 0 Å². The molecule has 2 N–H and O–H groups in total. The summed E-state index contributed by atoms with van der Waals surface area (Å²) in [5.74, 6) is -0.0821. The molecule has 3 amide bonds. The Balaban J connectivity index is 1.61. The van der Waals surface area contributed by atoms with Crippen LogP contribution in [0.1, 0.15) is 56.1 Å². The maximum absolute atomic E-state index is 12.7. The van der Waals surface area contributed by atoms with Crippen LogP contribution >= 0.6 is 0 Å². The number of anilines is 1. The number of aryl methyl sites for hydroxylation is 2. The van der Waals surface area contributed by atoms with Crippen LogP contribution in [0.5, 0.6) is 0 Å². The lowest BCUT2D eigenvalue weighted by molar-refractivity contribution is -0.119. The van der Waals surface area contributed by atoms with Gasteiger partial charge in [-0.1, -0.05) is 25.3 Å². The minimum atomic E-state index is -0.371. The first-order chi connectivity index (χ1) is 12.0. The van der Waals surface area contributed by atoms with Gasteiger partial charge in [-0.15, -0.1) is 0 Å². The third kappa shape index (κ3) is 4.53. The number of hydrogen-bond acceptors (Lipinski definition) is 2. The van der Waals surface area contributed by atoms with Crippen molar-refractivity contribution in [2.75, 3.05) is 11.9 Å². The fourth-order valence-corrected chi connectivity index (χ4v) is 4.06. The van der Waals surface area contributed by atoms with Gasteiger partial charge in [-0.05, 0) is 62.8 Å². The van der Waals surface area contributed by atoms with Crippen LogP contribution in [-0.4, -0.2) is 35.5 Å². The summed E-state index contributed by atoms with van der Waals surface area (Å²) in [6, 6.07) is 5.83. The van der Waals surface area contributed by atoms with E-state index in [-0.39, 0.29) is 24.0 Å². The van der Waals surface area contributed by atoms with Gasteiger partial charge in [0.1, 0.15) is 6.04 Å². The minimum Gasteiger partial charge on any atom is -0.335 e. The van der Waals surface area contributed by atoms with Crippen molar-refractivity contribution in [3.8, 4) is 0 Å². The van der Waals surface area contributed by atoms with Crippen molar-refractivity contribution in [1.82, 2.24) is 10.2 Å². The van der Waals surface area contributed by atoms with E-state index in [2.05, 4.69) is 16.7 Å². The normalized spacial score (nSPS) is 21.2. The van der Waals surface area contributed by atoms with E-state index < -0.39 is 0 Å². The molecule has 1 saturated carbocycles. The lowest BCUT2D eigenvalue weighted by Gasteiger charge is -2.29. The van der Waals surface area contributed by atoms with Gasteiger partial charge < -0.3 is 15.5 Å². The molecule has 1 aromatic carbocycles. The zero-order valence-electron chi connectivity index (χ0n) is 15.3. The quantitative estimate of drug-likeness (QED) is 0.878. The average Bonchev–Trinajstić information content (AvgIpc) is 3.04. The van der Waals surface area contributed by atoms with Crippen molar-refractivity contribution < 1.29 is 9.59 Å². The molecular weight excluding hydrogens is 314 g/mol. The van der Waals surface area contributed by atoms with Gasteiger partial charge in [0.15, 0.2) is 0 Å². The molecule has 1 aliphatic heterocycles. The summed E-state index contributed by atoms with van der Waals surface area (Å²) in [6.07, 6.45) is 7.34. The maximum atomic E-state index is 12.7. The van der Waals surface area contributed by atoms with Gasteiger partial charge in [0.2, 0.25) is 5.91 Å². The summed E-state index contributed by atoms with van der Waals surface area (Å²) in [4.78, 5) is 27.1. The van der Waals surface area contributed by atoms with Gasteiger partial charge in [0.05, 0.1) is 0 Å². The number of carbonyl (C=O) groups is 2. The lowest BCUT2D eigenvalue weighted by Crippen LogP contribution is -2.50. The molecule has 1 saturated heterocycles. The summed E-state index contributed by atoms with van der Waals surface area (Å²) in [7, 11) is 0. The number of urea groups is 1. The molecule has 1 aromatic rings. The van der Waals surface area contributed by atoms with Crippen molar-refractivity contribution >= 4 is 17.6 Å². The molecule has 3 rings (SSSR count). The molecule has 1 heterocycles. The van der Waals surface area contributed by atoms with Crippen molar-refractivity contribution in [2.45, 2.75) is 70.9 Å². The van der Waals surface area contributed by atoms with Gasteiger partial charge in [-0.2, -0.15) is 0 Å². The number of nitrogens with zero attached hydrogens (tertiary/aromatic N) is 1. The van der Waals surface area contributed by atoms with E-state index in [1.807, 2.05) is 26.0 Å². The van der Waals surface area contributed by atoms with Crippen LogP contribution in [0.4, 0.5) is 10.5 Å². The number of hydrogen-bond donors (Lipinski definition) is 2. The first-order valence-corrected chi connectivity index (χ1v) is 9.49. The Bertz CT molecular complexity index is 618. The monoisotopic (exact) mass is 343 g/mol. The topological polar surface area (TPSA) is 61.4 Å². The Hall–Kier alpha value is -2.04. The predicted molar refractivity (Wildman–Crippen MR) is 99.7 cm³/mol. The van der Waals surface area contributed by atoms with Crippen LogP contribution in [0, 0.1) is 13.8 Å². The highest BCUT2D eigenvalue weighted by Gasteiger charge is 2.35. The minimum absolute atomic E-state index is 0.0787. The molecule has 2 fully saturated rings. The van der Waals surface area contributed by atoms with Crippen LogP contribution in [0.2, 0.25) is 0 Å². The number of nitrogens with one attached hydrogen (secondary N) is 2. The fraction of sp³-hybridized carbons (Fsp3) is 0.600. The van der Waals surface area contributed by atoms with Crippen molar-refractivity contribution in [3.05, 3.63) is 29.3 Å². The molecule has 136 valence electrons. The molecule has 0 spiro atoms. The van der Waals surface area contributed by atoms with Crippen LogP contribution in [0.25, 0.3) is 0 Å². The number of likely N-dealkylation sites (tertiary alicyclic amines) is 1. The molecule has 0 radical (unpaired) electrons. The maximum Gasteiger partial charge on any atom is 0.318 e. The van der Waals surface area contributed by atoms with Gasteiger partial charge >= 0.3 is 6.03 Å². The largest absolute Gasteiger partial charge is 0.335 e. The van der Waals surface area contributed by atoms with E-state index in [9.17, 15) is 9.59 Å². The number of amides is 3. The molecule has 1 aliphatic carbocycles. The Morgan fingerprint density at radius 1 is 0.960 bits per heavy atom. The van der Waals surface area contributed by atoms with Crippen molar-refractivity contribution in [1.29, 1.82) is 0 Å². The zero-order valence-corrected chi connectivity index (χ0v) is 15.3. The van der Waals surface area contributed by atoms with Gasteiger partial charge in [-0.25, -0.2) is 4.79 Å². The molecule has 5 heteroatoms. The Morgan fingerprint density at radius 3 is 2.32 bits per heavy atom. The molecular formula is C20H29N3O2. The summed E-state index contributed by atoms with van der Waals surface area (Å²) < 4.78 is 0. The van der Waals surface area contributed by atoms with E-state index in [0.29, 0.717) is 6.54 Å². The number of benzene rings is 1.